The van der Waals surface area contributed by atoms with E-state index in [2.05, 4.69) is 11.9 Å². The van der Waals surface area contributed by atoms with E-state index in [1.807, 2.05) is 12.1 Å². The summed E-state index contributed by atoms with van der Waals surface area (Å²) in [5.74, 6) is 1.48. The molecule has 1 N–H and O–H groups in total. The largest absolute Gasteiger partial charge is 0.493 e. The summed E-state index contributed by atoms with van der Waals surface area (Å²) in [7, 11) is 3.05. The Kier molecular flexibility index (Phi) is 6.62. The van der Waals surface area contributed by atoms with Crippen LogP contribution in [-0.4, -0.2) is 36.0 Å². The lowest BCUT2D eigenvalue weighted by molar-refractivity contribution is -0.763. The van der Waals surface area contributed by atoms with Gasteiger partial charge in [0, 0.05) is 23.8 Å². The Morgan fingerprint density at radius 3 is 2.61 bits per heavy atom. The van der Waals surface area contributed by atoms with Gasteiger partial charge in [0.05, 0.1) is 36.1 Å². The maximum atomic E-state index is 13.3. The second-order valence-electron chi connectivity index (χ2n) is 7.41. The first kappa shape index (κ1) is 23.1. The summed E-state index contributed by atoms with van der Waals surface area (Å²) < 4.78 is 12.4. The van der Waals surface area contributed by atoms with Gasteiger partial charge < -0.3 is 9.47 Å². The number of aromatic nitrogens is 3. The number of hydrogen-bond acceptors (Lipinski definition) is 6. The molecule has 1 aromatic heterocycles. The van der Waals surface area contributed by atoms with E-state index in [4.69, 9.17) is 26.2 Å². The lowest BCUT2D eigenvalue weighted by Crippen LogP contribution is -2.60. The van der Waals surface area contributed by atoms with Crippen molar-refractivity contribution in [2.45, 2.75) is 31.6 Å². The number of nitrogens with zero attached hydrogens (tertiary/aromatic N) is 3. The van der Waals surface area contributed by atoms with Crippen molar-refractivity contribution in [3.8, 4) is 22.8 Å². The average molecular weight is 488 g/mol. The highest BCUT2D eigenvalue weighted by Crippen LogP contribution is 2.42. The number of methoxy groups -OCH3 is 2. The molecular weight excluding hydrogens is 464 g/mol. The number of H-pyrrole nitrogens is 1. The summed E-state index contributed by atoms with van der Waals surface area (Å²) in [4.78, 5) is 30.7. The van der Waals surface area contributed by atoms with Gasteiger partial charge in [0.2, 0.25) is 11.1 Å². The molecule has 0 saturated carbocycles. The van der Waals surface area contributed by atoms with E-state index in [1.165, 1.54) is 32.9 Å². The van der Waals surface area contributed by atoms with Crippen LogP contribution in [0.25, 0.3) is 11.3 Å². The van der Waals surface area contributed by atoms with Gasteiger partial charge in [-0.15, -0.1) is 0 Å². The molecule has 4 rings (SSSR count). The Morgan fingerprint density at radius 2 is 1.94 bits per heavy atom. The highest BCUT2D eigenvalue weighted by Gasteiger charge is 2.46. The average Bonchev–Trinajstić information content (AvgIpc) is 2.81. The van der Waals surface area contributed by atoms with Gasteiger partial charge in [-0.3, -0.25) is 14.6 Å². The predicted octanol–water partition coefficient (Wildman–Crippen LogP) is 3.81. The van der Waals surface area contributed by atoms with E-state index in [0.29, 0.717) is 44.2 Å². The number of fused-ring (bicyclic) bond motifs is 3. The van der Waals surface area contributed by atoms with Gasteiger partial charge >= 0.3 is 11.3 Å². The van der Waals surface area contributed by atoms with Crippen LogP contribution in [0.15, 0.2) is 46.3 Å². The summed E-state index contributed by atoms with van der Waals surface area (Å²) in [6, 6.07) is 10.6. The Labute approximate surface area is 200 Å². The lowest BCUT2D eigenvalue weighted by Gasteiger charge is -2.31. The number of ether oxygens (including phenoxy) is 2. The minimum Gasteiger partial charge on any atom is -0.493 e. The maximum absolute atomic E-state index is 13.3. The molecule has 8 nitrogen and oxygen atoms in total. The third kappa shape index (κ3) is 4.06. The number of rotatable bonds is 6. The number of hydrogen-bond donors (Lipinski definition) is 1. The molecule has 33 heavy (non-hydrogen) atoms. The topological polar surface area (TPSA) is 88.4 Å². The van der Waals surface area contributed by atoms with Gasteiger partial charge in [-0.05, 0) is 29.3 Å². The Hall–Kier alpha value is -3.04. The first-order valence-corrected chi connectivity index (χ1v) is 11.8. The monoisotopic (exact) mass is 487 g/mol. The third-order valence-electron chi connectivity index (χ3n) is 5.32. The molecule has 0 bridgehead atoms. The maximum Gasteiger partial charge on any atom is 0.325 e. The minimum atomic E-state index is -0.803. The molecule has 0 saturated heterocycles. The van der Waals surface area contributed by atoms with Crippen LogP contribution in [0, 0.1) is 0 Å². The zero-order valence-corrected chi connectivity index (χ0v) is 20.3. The number of carbonyl (C=O) groups is 1. The fourth-order valence-corrected chi connectivity index (χ4v) is 4.88. The van der Waals surface area contributed by atoms with Crippen molar-refractivity contribution in [1.29, 1.82) is 0 Å². The SMILES string of the molecule is CCCSc1n[n+]2c(c(=O)[nH]1)-c1ccccc1N(C(C)=O)[C@H]2c1cc(OC)c(OC)cc1Cl. The van der Waals surface area contributed by atoms with Crippen LogP contribution in [0.1, 0.15) is 32.0 Å². The van der Waals surface area contributed by atoms with Gasteiger partial charge in [0.15, 0.2) is 11.5 Å². The molecule has 1 aliphatic rings. The molecule has 2 heterocycles. The molecule has 0 aliphatic carbocycles. The van der Waals surface area contributed by atoms with E-state index in [9.17, 15) is 9.59 Å². The van der Waals surface area contributed by atoms with Gasteiger partial charge in [-0.2, -0.15) is 0 Å². The fraction of sp³-hybridized carbons (Fsp3) is 0.304. The van der Waals surface area contributed by atoms with E-state index >= 15 is 0 Å². The van der Waals surface area contributed by atoms with Crippen LogP contribution < -0.4 is 24.6 Å². The molecule has 0 spiro atoms. The van der Waals surface area contributed by atoms with Crippen LogP contribution in [0.4, 0.5) is 5.69 Å². The summed E-state index contributed by atoms with van der Waals surface area (Å²) >= 11 is 8.14. The summed E-state index contributed by atoms with van der Waals surface area (Å²) in [5.41, 5.74) is 1.82. The Morgan fingerprint density at radius 1 is 1.24 bits per heavy atom. The Balaban J connectivity index is 2.06. The van der Waals surface area contributed by atoms with Crippen molar-refractivity contribution in [3.63, 3.8) is 0 Å². The zero-order chi connectivity index (χ0) is 23.7. The summed E-state index contributed by atoms with van der Waals surface area (Å²) in [6.45, 7) is 3.53. The molecule has 0 fully saturated rings. The van der Waals surface area contributed by atoms with Crippen LogP contribution in [0.3, 0.4) is 0 Å². The predicted molar refractivity (Wildman–Crippen MR) is 127 cm³/mol. The minimum absolute atomic E-state index is 0.221. The van der Waals surface area contributed by atoms with Crippen LogP contribution in [-0.2, 0) is 4.79 Å². The number of nitrogens with one attached hydrogen (secondary N) is 1. The third-order valence-corrected chi connectivity index (χ3v) is 6.72. The van der Waals surface area contributed by atoms with Crippen LogP contribution in [0.2, 0.25) is 5.02 Å². The quantitative estimate of drug-likeness (QED) is 0.420. The number of anilines is 1. The Bertz CT molecular complexity index is 1280. The molecule has 172 valence electrons. The van der Waals surface area contributed by atoms with E-state index < -0.39 is 6.17 Å². The van der Waals surface area contributed by atoms with Gasteiger partial charge in [-0.25, -0.2) is 4.90 Å². The summed E-state index contributed by atoms with van der Waals surface area (Å²) in [6.07, 6.45) is 0.117. The van der Waals surface area contributed by atoms with Gasteiger partial charge in [0.25, 0.3) is 6.17 Å². The molecule has 1 atom stereocenters. The second kappa shape index (κ2) is 9.44. The number of thioether (sulfide) groups is 1. The fourth-order valence-electron chi connectivity index (χ4n) is 3.93. The number of carbonyl (C=O) groups excluding carboxylic acids is 1. The number of benzene rings is 2. The molecule has 1 aliphatic heterocycles. The highest BCUT2D eigenvalue weighted by molar-refractivity contribution is 7.99. The molecule has 0 radical (unpaired) electrons. The van der Waals surface area contributed by atoms with Crippen molar-refractivity contribution >= 4 is 35.0 Å². The number of halogens is 1. The van der Waals surface area contributed by atoms with Crippen molar-refractivity contribution in [2.24, 2.45) is 0 Å². The number of amides is 1. The number of aromatic amines is 1. The second-order valence-corrected chi connectivity index (χ2v) is 8.90. The highest BCUT2D eigenvalue weighted by atomic mass is 35.5. The van der Waals surface area contributed by atoms with Gasteiger partial charge in [0.1, 0.15) is 0 Å². The first-order valence-electron chi connectivity index (χ1n) is 10.4. The van der Waals surface area contributed by atoms with Crippen molar-refractivity contribution in [2.75, 3.05) is 24.9 Å². The molecule has 3 aromatic rings. The van der Waals surface area contributed by atoms with Crippen LogP contribution >= 0.6 is 23.4 Å². The zero-order valence-electron chi connectivity index (χ0n) is 18.7. The molecular formula is C23H24ClN4O4S+. The summed E-state index contributed by atoms with van der Waals surface area (Å²) in [5, 5.41) is 5.56. The standard InChI is InChI=1S/C23H23ClN4O4S/c1-5-10-33-23-25-21(30)20-14-8-6-7-9-17(14)27(13(2)29)22(28(20)26-23)15-11-18(31-3)19(32-4)12-16(15)24/h6-9,11-12,22H,5,10H2,1-4H3/p+1/t22-/m1/s1. The number of para-hydroxylation sites is 1. The van der Waals surface area contributed by atoms with Gasteiger partial charge in [-0.1, -0.05) is 42.4 Å². The van der Waals surface area contributed by atoms with Crippen molar-refractivity contribution in [3.05, 3.63) is 57.3 Å². The van der Waals surface area contributed by atoms with E-state index in [0.717, 1.165) is 12.2 Å². The molecule has 1 amide bonds. The molecule has 10 heteroatoms. The smallest absolute Gasteiger partial charge is 0.325 e. The lowest BCUT2D eigenvalue weighted by atomic mass is 10.0. The van der Waals surface area contributed by atoms with E-state index in [1.54, 1.807) is 33.8 Å². The molecule has 2 aromatic carbocycles. The van der Waals surface area contributed by atoms with Crippen molar-refractivity contribution in [1.82, 2.24) is 10.1 Å². The van der Waals surface area contributed by atoms with Crippen molar-refractivity contribution < 1.29 is 19.0 Å². The van der Waals surface area contributed by atoms with Crippen LogP contribution in [0.5, 0.6) is 11.5 Å². The molecule has 0 unspecified atom stereocenters. The van der Waals surface area contributed by atoms with E-state index in [-0.39, 0.29) is 11.5 Å². The first-order chi connectivity index (χ1) is 15.9. The normalized spacial score (nSPS) is 14.5.